The minimum absolute atomic E-state index is 0.0254. The maximum absolute atomic E-state index is 16.1. The highest BCUT2D eigenvalue weighted by atomic mass is 35.5. The van der Waals surface area contributed by atoms with Crippen molar-refractivity contribution < 1.29 is 56.1 Å². The summed E-state index contributed by atoms with van der Waals surface area (Å²) in [5, 5.41) is 32.6. The molecule has 5 N–H and O–H groups in total. The Morgan fingerprint density at radius 1 is 1.00 bits per heavy atom. The van der Waals surface area contributed by atoms with Crippen molar-refractivity contribution in [1.29, 1.82) is 0 Å². The van der Waals surface area contributed by atoms with Crippen LogP contribution in [0.4, 0.5) is 25.0 Å². The number of aliphatic carboxylic acids is 1. The van der Waals surface area contributed by atoms with Crippen molar-refractivity contribution in [3.63, 3.8) is 0 Å². The topological polar surface area (TPSA) is 230 Å². The number of fused-ring (bicyclic) bond motifs is 1. The molecule has 3 aliphatic rings. The van der Waals surface area contributed by atoms with Gasteiger partial charge in [0, 0.05) is 53.9 Å². The number of nitrogens with zero attached hydrogens (tertiary/aromatic N) is 4. The third kappa shape index (κ3) is 10.5. The van der Waals surface area contributed by atoms with Gasteiger partial charge in [0.25, 0.3) is 5.92 Å². The highest BCUT2D eigenvalue weighted by molar-refractivity contribution is 7.88. The Bertz CT molecular complexity index is 3010. The predicted molar refractivity (Wildman–Crippen MR) is 259 cm³/mol. The largest absolute Gasteiger partial charge is 0.479 e. The van der Waals surface area contributed by atoms with E-state index >= 15 is 8.78 Å². The minimum Gasteiger partial charge on any atom is -0.479 e. The van der Waals surface area contributed by atoms with Crippen LogP contribution in [0, 0.1) is 0 Å². The summed E-state index contributed by atoms with van der Waals surface area (Å²) >= 11 is 7.37. The number of halogens is 3. The van der Waals surface area contributed by atoms with Gasteiger partial charge in [-0.2, -0.15) is 9.40 Å². The Hall–Kier alpha value is -6.16. The first-order valence-electron chi connectivity index (χ1n) is 22.7. The first kappa shape index (κ1) is 50.2. The molecule has 5 heterocycles. The summed E-state index contributed by atoms with van der Waals surface area (Å²) in [6.45, 7) is 6.06. The molecule has 3 saturated heterocycles. The maximum atomic E-state index is 16.1. The number of benzene rings is 3. The van der Waals surface area contributed by atoms with Crippen molar-refractivity contribution in [3.05, 3.63) is 93.5 Å². The molecule has 3 fully saturated rings. The van der Waals surface area contributed by atoms with Gasteiger partial charge in [-0.15, -0.1) is 11.3 Å². The van der Waals surface area contributed by atoms with Crippen molar-refractivity contribution in [2.75, 3.05) is 36.9 Å². The fraction of sp³-hybridized carbons (Fsp3) is 0.417. The van der Waals surface area contributed by atoms with E-state index in [9.17, 15) is 37.5 Å². The lowest BCUT2D eigenvalue weighted by atomic mass is 9.85. The van der Waals surface area contributed by atoms with Crippen LogP contribution in [0.25, 0.3) is 21.3 Å². The molecule has 70 heavy (non-hydrogen) atoms. The number of alkyl halides is 2. The lowest BCUT2D eigenvalue weighted by molar-refractivity contribution is -0.139. The second-order valence-corrected chi connectivity index (χ2v) is 22.1. The molecule has 3 aromatic carbocycles. The molecule has 372 valence electrons. The Morgan fingerprint density at radius 2 is 1.74 bits per heavy atom. The number of ether oxygens (including phenoxy) is 1. The van der Waals surface area contributed by atoms with Crippen LogP contribution in [-0.4, -0.2) is 111 Å². The number of carbonyl (C=O) groups excluding carboxylic acids is 3. The molecule has 8 rings (SSSR count). The number of carbonyl (C=O) groups is 5. The highest BCUT2D eigenvalue weighted by Gasteiger charge is 2.47. The van der Waals surface area contributed by atoms with E-state index in [1.54, 1.807) is 59.3 Å². The van der Waals surface area contributed by atoms with Crippen LogP contribution in [0.2, 0.25) is 5.02 Å². The summed E-state index contributed by atoms with van der Waals surface area (Å²) in [4.78, 5) is 62.3. The molecule has 0 aliphatic carbocycles. The molecular weight excluding hydrogens is 972 g/mol. The summed E-state index contributed by atoms with van der Waals surface area (Å²) in [7, 11) is -3.91. The van der Waals surface area contributed by atoms with Gasteiger partial charge in [-0.1, -0.05) is 48.0 Å². The fourth-order valence-electron chi connectivity index (χ4n) is 9.75. The van der Waals surface area contributed by atoms with Crippen LogP contribution in [0.15, 0.2) is 66.7 Å². The SMILES string of the molecule is CC(C)n1nc(C2CCC(=O)NC2=O)c2ccc(C3CCN(C(=O)Nc4cccc(CS(=O)(=O)N5CC[C@H](Nc6cccc(-c7sc(C(=O)O)c(OCC(=O)O)c7Cl)c6)CC5(C)C)c4)CC3(F)F)cc21. The number of carboxylic acids is 2. The quantitative estimate of drug-likeness (QED) is 0.0660. The molecule has 2 unspecified atom stereocenters. The smallest absolute Gasteiger partial charge is 0.349 e. The van der Waals surface area contributed by atoms with E-state index < -0.39 is 70.3 Å². The molecule has 2 aromatic heterocycles. The molecule has 3 aliphatic heterocycles. The normalized spacial score (nSPS) is 20.6. The van der Waals surface area contributed by atoms with Crippen LogP contribution in [-0.2, 0) is 30.2 Å². The zero-order chi connectivity index (χ0) is 50.4. The van der Waals surface area contributed by atoms with E-state index in [0.29, 0.717) is 63.1 Å². The van der Waals surface area contributed by atoms with Crippen molar-refractivity contribution in [2.24, 2.45) is 0 Å². The van der Waals surface area contributed by atoms with Gasteiger partial charge in [-0.05, 0) is 100 Å². The van der Waals surface area contributed by atoms with Gasteiger partial charge in [-0.3, -0.25) is 19.6 Å². The Labute approximate surface area is 411 Å². The number of imide groups is 1. The summed E-state index contributed by atoms with van der Waals surface area (Å²) in [6.07, 6.45) is 1.30. The highest BCUT2D eigenvalue weighted by Crippen LogP contribution is 2.47. The van der Waals surface area contributed by atoms with Gasteiger partial charge in [0.05, 0.1) is 40.2 Å². The second kappa shape index (κ2) is 19.6. The number of aromatic carboxylic acids is 1. The number of rotatable bonds is 14. The van der Waals surface area contributed by atoms with Crippen molar-refractivity contribution in [3.8, 4) is 16.2 Å². The maximum Gasteiger partial charge on any atom is 0.349 e. The van der Waals surface area contributed by atoms with Gasteiger partial charge >= 0.3 is 18.0 Å². The molecule has 0 saturated carbocycles. The number of piperidine rings is 3. The molecule has 17 nitrogen and oxygen atoms in total. The molecule has 4 amide bonds. The number of aromatic nitrogens is 2. The number of hydrogen-bond donors (Lipinski definition) is 5. The van der Waals surface area contributed by atoms with E-state index in [0.717, 1.165) is 16.2 Å². The molecule has 0 bridgehead atoms. The minimum atomic E-state index is -3.91. The zero-order valence-corrected chi connectivity index (χ0v) is 41.0. The molecule has 0 radical (unpaired) electrons. The predicted octanol–water partition coefficient (Wildman–Crippen LogP) is 8.52. The van der Waals surface area contributed by atoms with Crippen molar-refractivity contribution in [2.45, 2.75) is 101 Å². The van der Waals surface area contributed by atoms with Crippen LogP contribution < -0.4 is 20.7 Å². The lowest BCUT2D eigenvalue weighted by Gasteiger charge is -2.45. The summed E-state index contributed by atoms with van der Waals surface area (Å²) in [5.74, 6) is -9.17. The molecule has 3 atom stereocenters. The standard InChI is InChI=1S/C48H52ClF2N7O10S2/c1-26(2)58-36-21-28(11-12-33(36)40(55-58)34-13-14-37(59)54-44(34)62)35-16-17-56(25-48(35,50)51)46(65)53-30-9-5-7-27(19-30)24-70(66,67)57-18-15-32(22-47(57,3)4)52-31-10-6-8-29(20-31)42-39(49)41(68-23-38(60)61)43(69-42)45(63)64/h5-12,19-21,26,32,34-35,52H,13-18,22-25H2,1-4H3,(H,53,65)(H,60,61)(H,63,64)(H,54,59,62)/t32-,34?,35?/m0/s1. The number of nitrogens with one attached hydrogen (secondary N) is 3. The van der Waals surface area contributed by atoms with Crippen LogP contribution >= 0.6 is 22.9 Å². The Kier molecular flexibility index (Phi) is 14.0. The van der Waals surface area contributed by atoms with E-state index in [-0.39, 0.29) is 71.0 Å². The third-order valence-electron chi connectivity index (χ3n) is 12.9. The summed E-state index contributed by atoms with van der Waals surface area (Å²) in [5.41, 5.74) is 2.51. The van der Waals surface area contributed by atoms with Crippen molar-refractivity contribution in [1.82, 2.24) is 24.3 Å². The van der Waals surface area contributed by atoms with Crippen molar-refractivity contribution >= 4 is 85.0 Å². The van der Waals surface area contributed by atoms with Gasteiger partial charge in [-0.25, -0.2) is 31.6 Å². The summed E-state index contributed by atoms with van der Waals surface area (Å²) < 4.78 is 68.7. The number of carboxylic acid groups (broad SMARTS) is 2. The second-order valence-electron chi connectivity index (χ2n) is 18.8. The van der Waals surface area contributed by atoms with Gasteiger partial charge in [0.15, 0.2) is 17.2 Å². The number of anilines is 2. The first-order chi connectivity index (χ1) is 33.0. The number of amides is 4. The van der Waals surface area contributed by atoms with Gasteiger partial charge < -0.3 is 30.5 Å². The van der Waals surface area contributed by atoms with Crippen LogP contribution in [0.1, 0.15) is 104 Å². The number of likely N-dealkylation sites (tertiary alicyclic amines) is 1. The molecular formula is C48H52ClF2N7O10S2. The molecule has 22 heteroatoms. The average Bonchev–Trinajstić information content (AvgIpc) is 3.82. The van der Waals surface area contributed by atoms with E-state index in [1.807, 2.05) is 33.8 Å². The fourth-order valence-corrected chi connectivity index (χ4v) is 13.1. The number of hydrogen-bond acceptors (Lipinski definition) is 11. The van der Waals surface area contributed by atoms with E-state index in [2.05, 4.69) is 16.0 Å². The van der Waals surface area contributed by atoms with Crippen LogP contribution in [0.5, 0.6) is 5.75 Å². The third-order valence-corrected chi connectivity index (χ3v) is 16.6. The number of sulfonamides is 1. The van der Waals surface area contributed by atoms with Gasteiger partial charge in [0.1, 0.15) is 5.02 Å². The monoisotopic (exact) mass is 1020 g/mol. The molecule has 0 spiro atoms. The van der Waals surface area contributed by atoms with E-state index in [4.69, 9.17) is 26.5 Å². The Balaban J connectivity index is 0.886. The first-order valence-corrected chi connectivity index (χ1v) is 25.5. The average molecular weight is 1020 g/mol. The van der Waals surface area contributed by atoms with Gasteiger partial charge in [0.2, 0.25) is 21.8 Å². The lowest BCUT2D eigenvalue weighted by Crippen LogP contribution is -2.55. The van der Waals surface area contributed by atoms with Crippen LogP contribution in [0.3, 0.4) is 0 Å². The number of thiophene rings is 1. The van der Waals surface area contributed by atoms with E-state index in [1.165, 1.54) is 10.4 Å². The molecule has 5 aromatic rings. The zero-order valence-electron chi connectivity index (χ0n) is 38.6. The summed E-state index contributed by atoms with van der Waals surface area (Å²) in [6, 6.07) is 17.3. The number of urea groups is 1. The Morgan fingerprint density at radius 3 is 2.43 bits per heavy atom.